The summed E-state index contributed by atoms with van der Waals surface area (Å²) >= 11 is 0. The predicted molar refractivity (Wildman–Crippen MR) is 175 cm³/mol. The number of hydrogen-bond acceptors (Lipinski definition) is 6. The first-order valence-corrected chi connectivity index (χ1v) is 13.5. The zero-order chi connectivity index (χ0) is 29.4. The average molecular weight is 547 g/mol. The van der Waals surface area contributed by atoms with Crippen LogP contribution in [0.5, 0.6) is 11.5 Å². The lowest BCUT2D eigenvalue weighted by Crippen LogP contribution is -2.08. The summed E-state index contributed by atoms with van der Waals surface area (Å²) in [7, 11) is 7.32. The second-order valence-corrected chi connectivity index (χ2v) is 9.73. The van der Waals surface area contributed by atoms with E-state index in [4.69, 9.17) is 20.9 Å². The number of nitrogens with zero attached hydrogens (tertiary/aromatic N) is 2. The SMILES string of the molecule is CCN=C1C=CC(=C(C=CC=C(c2ccc(N(C)C)cc2)c2ccc(OC)c(N)c2)c2ccc(N)c(OC)c2)C=C1. The molecule has 0 heterocycles. The van der Waals surface area contributed by atoms with Gasteiger partial charge in [0, 0.05) is 26.3 Å². The number of anilines is 3. The van der Waals surface area contributed by atoms with Crippen LogP contribution < -0.4 is 25.8 Å². The van der Waals surface area contributed by atoms with E-state index in [1.165, 1.54) is 0 Å². The monoisotopic (exact) mass is 546 g/mol. The minimum Gasteiger partial charge on any atom is -0.495 e. The maximum Gasteiger partial charge on any atom is 0.142 e. The van der Waals surface area contributed by atoms with E-state index in [-0.39, 0.29) is 0 Å². The highest BCUT2D eigenvalue weighted by Crippen LogP contribution is 2.33. The van der Waals surface area contributed by atoms with Gasteiger partial charge in [-0.1, -0.05) is 54.6 Å². The molecular weight excluding hydrogens is 508 g/mol. The number of rotatable bonds is 9. The highest BCUT2D eigenvalue weighted by Gasteiger charge is 2.11. The molecule has 41 heavy (non-hydrogen) atoms. The van der Waals surface area contributed by atoms with Crippen molar-refractivity contribution in [3.63, 3.8) is 0 Å². The zero-order valence-corrected chi connectivity index (χ0v) is 24.4. The Morgan fingerprint density at radius 3 is 2.05 bits per heavy atom. The van der Waals surface area contributed by atoms with Crippen molar-refractivity contribution in [2.45, 2.75) is 6.92 Å². The number of methoxy groups -OCH3 is 2. The van der Waals surface area contributed by atoms with Crippen LogP contribution in [0.25, 0.3) is 11.1 Å². The quantitative estimate of drug-likeness (QED) is 0.224. The van der Waals surface area contributed by atoms with Crippen LogP contribution in [0.1, 0.15) is 23.6 Å². The van der Waals surface area contributed by atoms with Gasteiger partial charge < -0.3 is 25.8 Å². The molecule has 0 aliphatic heterocycles. The third-order valence-corrected chi connectivity index (χ3v) is 6.82. The van der Waals surface area contributed by atoms with E-state index in [0.717, 1.165) is 51.4 Å². The molecule has 0 fully saturated rings. The minimum atomic E-state index is 0.587. The van der Waals surface area contributed by atoms with Gasteiger partial charge in [-0.05, 0) is 88.9 Å². The fraction of sp³-hybridized carbons (Fsp3) is 0.171. The van der Waals surface area contributed by atoms with Crippen molar-refractivity contribution in [2.24, 2.45) is 4.99 Å². The normalized spacial score (nSPS) is 13.0. The van der Waals surface area contributed by atoms with Crippen LogP contribution >= 0.6 is 0 Å². The number of benzene rings is 3. The van der Waals surface area contributed by atoms with Crippen molar-refractivity contribution in [1.29, 1.82) is 0 Å². The van der Waals surface area contributed by atoms with Crippen LogP contribution in [0.2, 0.25) is 0 Å². The lowest BCUT2D eigenvalue weighted by Gasteiger charge is -2.15. The van der Waals surface area contributed by atoms with Gasteiger partial charge in [-0.2, -0.15) is 0 Å². The molecule has 0 saturated heterocycles. The Bertz CT molecular complexity index is 1550. The fourth-order valence-electron chi connectivity index (χ4n) is 4.61. The Morgan fingerprint density at radius 2 is 1.44 bits per heavy atom. The van der Waals surface area contributed by atoms with Crippen LogP contribution in [0, 0.1) is 0 Å². The fourth-order valence-corrected chi connectivity index (χ4v) is 4.61. The molecule has 0 radical (unpaired) electrons. The van der Waals surface area contributed by atoms with Gasteiger partial charge in [0.1, 0.15) is 11.5 Å². The van der Waals surface area contributed by atoms with Gasteiger partial charge in [0.05, 0.1) is 31.3 Å². The van der Waals surface area contributed by atoms with Crippen LogP contribution in [0.3, 0.4) is 0 Å². The number of hydrogen-bond donors (Lipinski definition) is 2. The largest absolute Gasteiger partial charge is 0.495 e. The van der Waals surface area contributed by atoms with Gasteiger partial charge in [0.2, 0.25) is 0 Å². The molecule has 0 bridgehead atoms. The molecule has 6 heteroatoms. The van der Waals surface area contributed by atoms with Gasteiger partial charge in [-0.3, -0.25) is 4.99 Å². The van der Waals surface area contributed by atoms with E-state index in [2.05, 4.69) is 64.5 Å². The third kappa shape index (κ3) is 6.97. The molecule has 0 atom stereocenters. The highest BCUT2D eigenvalue weighted by atomic mass is 16.5. The molecule has 0 spiro atoms. The summed E-state index contributed by atoms with van der Waals surface area (Å²) in [6.07, 6.45) is 14.5. The summed E-state index contributed by atoms with van der Waals surface area (Å²) < 4.78 is 10.9. The van der Waals surface area contributed by atoms with Crippen molar-refractivity contribution >= 4 is 33.9 Å². The maximum absolute atomic E-state index is 6.30. The molecule has 0 saturated carbocycles. The maximum atomic E-state index is 6.30. The van der Waals surface area contributed by atoms with E-state index in [1.54, 1.807) is 14.2 Å². The first-order chi connectivity index (χ1) is 19.8. The molecule has 1 aliphatic carbocycles. The number of ether oxygens (including phenoxy) is 2. The summed E-state index contributed by atoms with van der Waals surface area (Å²) in [6.45, 7) is 2.77. The lowest BCUT2D eigenvalue weighted by molar-refractivity contribution is 0.417. The molecule has 0 amide bonds. The molecule has 0 unspecified atom stereocenters. The number of nitrogen functional groups attached to an aromatic ring is 2. The smallest absolute Gasteiger partial charge is 0.142 e. The van der Waals surface area contributed by atoms with Crippen LogP contribution in [-0.4, -0.2) is 40.6 Å². The average Bonchev–Trinajstić information content (AvgIpc) is 2.98. The van der Waals surface area contributed by atoms with Gasteiger partial charge in [-0.25, -0.2) is 0 Å². The summed E-state index contributed by atoms with van der Waals surface area (Å²) in [4.78, 5) is 6.60. The Balaban J connectivity index is 1.83. The molecule has 4 rings (SSSR count). The molecule has 0 aromatic heterocycles. The van der Waals surface area contributed by atoms with Crippen molar-refractivity contribution < 1.29 is 9.47 Å². The topological polar surface area (TPSA) is 86.1 Å². The molecule has 1 aliphatic rings. The summed E-state index contributed by atoms with van der Waals surface area (Å²) in [5, 5.41) is 0. The Hall–Kier alpha value is -4.97. The van der Waals surface area contributed by atoms with E-state index in [0.29, 0.717) is 22.9 Å². The minimum absolute atomic E-state index is 0.587. The van der Waals surface area contributed by atoms with Crippen molar-refractivity contribution in [3.05, 3.63) is 125 Å². The van der Waals surface area contributed by atoms with E-state index in [9.17, 15) is 0 Å². The molecule has 6 nitrogen and oxygen atoms in total. The third-order valence-electron chi connectivity index (χ3n) is 6.82. The number of nitrogens with two attached hydrogens (primary N) is 2. The van der Waals surface area contributed by atoms with Crippen LogP contribution in [0.4, 0.5) is 17.1 Å². The zero-order valence-electron chi connectivity index (χ0n) is 24.4. The Morgan fingerprint density at radius 1 is 0.780 bits per heavy atom. The van der Waals surface area contributed by atoms with Crippen molar-refractivity contribution in [3.8, 4) is 11.5 Å². The molecule has 4 N–H and O–H groups in total. The van der Waals surface area contributed by atoms with E-state index >= 15 is 0 Å². The lowest BCUT2D eigenvalue weighted by atomic mass is 9.94. The van der Waals surface area contributed by atoms with Crippen LogP contribution in [0.15, 0.2) is 114 Å². The summed E-state index contributed by atoms with van der Waals surface area (Å²) in [6, 6.07) is 20.2. The summed E-state index contributed by atoms with van der Waals surface area (Å²) in [5.41, 5.74) is 21.9. The first-order valence-electron chi connectivity index (χ1n) is 13.5. The van der Waals surface area contributed by atoms with Gasteiger partial charge in [-0.15, -0.1) is 0 Å². The highest BCUT2D eigenvalue weighted by molar-refractivity contribution is 6.07. The van der Waals surface area contributed by atoms with Crippen molar-refractivity contribution in [2.75, 3.05) is 51.2 Å². The Labute approximate surface area is 243 Å². The van der Waals surface area contributed by atoms with Gasteiger partial charge in [0.15, 0.2) is 0 Å². The Kier molecular flexibility index (Phi) is 9.48. The second-order valence-electron chi connectivity index (χ2n) is 9.73. The van der Waals surface area contributed by atoms with Gasteiger partial charge >= 0.3 is 0 Å². The second kappa shape index (κ2) is 13.4. The predicted octanol–water partition coefficient (Wildman–Crippen LogP) is 6.96. The molecule has 210 valence electrons. The summed E-state index contributed by atoms with van der Waals surface area (Å²) in [5.74, 6) is 1.29. The van der Waals surface area contributed by atoms with E-state index < -0.39 is 0 Å². The number of aliphatic imine (C=N–C) groups is 1. The molecule has 3 aromatic carbocycles. The van der Waals surface area contributed by atoms with Gasteiger partial charge in [0.25, 0.3) is 0 Å². The van der Waals surface area contributed by atoms with Crippen molar-refractivity contribution in [1.82, 2.24) is 0 Å². The standard InChI is InChI=1S/C35H38N4O2/c1-6-38-28-16-10-24(11-17-28)31(27-14-20-32(36)35(23-27)41-5)9-7-8-30(25-12-18-29(19-13-25)39(2)3)26-15-21-34(40-4)33(37)22-26/h7-23H,6,36-37H2,1-5H3. The van der Waals surface area contributed by atoms with Crippen LogP contribution in [-0.2, 0) is 0 Å². The number of allylic oxidation sites excluding steroid dienone is 9. The molecule has 3 aromatic rings. The van der Waals surface area contributed by atoms with E-state index in [1.807, 2.05) is 69.6 Å². The molecular formula is C35H38N4O2. The first kappa shape index (κ1) is 29.0.